The van der Waals surface area contributed by atoms with Gasteiger partial charge in [0.1, 0.15) is 5.75 Å². The van der Waals surface area contributed by atoms with E-state index in [2.05, 4.69) is 0 Å². The minimum absolute atomic E-state index is 0.364. The van der Waals surface area contributed by atoms with E-state index in [1.54, 1.807) is 24.3 Å². The van der Waals surface area contributed by atoms with Gasteiger partial charge in [-0.05, 0) is 55.0 Å². The Morgan fingerprint density at radius 2 is 1.59 bits per heavy atom. The molecule has 2 aromatic rings. The predicted molar refractivity (Wildman–Crippen MR) is 93.4 cm³/mol. The number of carbonyl (C=O) groups is 2. The smallest absolute Gasteiger partial charge is 0.416 e. The van der Waals surface area contributed by atoms with E-state index in [-0.39, 0.29) is 5.78 Å². The van der Waals surface area contributed by atoms with Crippen LogP contribution in [0.4, 0.5) is 13.2 Å². The average Bonchev–Trinajstić information content (AvgIpc) is 2.65. The number of rotatable bonds is 6. The third kappa shape index (κ3) is 5.70. The number of benzene rings is 2. The molecule has 1 atom stereocenters. The fourth-order valence-corrected chi connectivity index (χ4v) is 2.20. The normalized spacial score (nSPS) is 12.6. The molecule has 7 heteroatoms. The minimum Gasteiger partial charge on any atom is -0.497 e. The van der Waals surface area contributed by atoms with E-state index in [4.69, 9.17) is 9.47 Å². The summed E-state index contributed by atoms with van der Waals surface area (Å²) in [5.74, 6) is -0.561. The van der Waals surface area contributed by atoms with E-state index in [9.17, 15) is 22.8 Å². The summed E-state index contributed by atoms with van der Waals surface area (Å²) in [4.78, 5) is 24.1. The highest BCUT2D eigenvalue weighted by molar-refractivity contribution is 6.01. The molecular weight excluding hydrogens is 361 g/mol. The molecule has 0 aliphatic heterocycles. The van der Waals surface area contributed by atoms with Crippen molar-refractivity contribution in [2.24, 2.45) is 0 Å². The third-order valence-corrected chi connectivity index (χ3v) is 3.69. The van der Waals surface area contributed by atoms with Crippen LogP contribution in [0.3, 0.4) is 0 Å². The lowest BCUT2D eigenvalue weighted by Crippen LogP contribution is -2.23. The topological polar surface area (TPSA) is 52.6 Å². The molecule has 0 fully saturated rings. The Kier molecular flexibility index (Phi) is 6.39. The summed E-state index contributed by atoms with van der Waals surface area (Å²) < 4.78 is 47.6. The monoisotopic (exact) mass is 378 g/mol. The molecule has 0 aromatic heterocycles. The minimum atomic E-state index is -4.42. The van der Waals surface area contributed by atoms with Gasteiger partial charge in [0, 0.05) is 11.6 Å². The molecule has 0 aliphatic rings. The summed E-state index contributed by atoms with van der Waals surface area (Å²) in [6.45, 7) is 1.44. The Bertz CT molecular complexity index is 822. The second-order valence-electron chi connectivity index (χ2n) is 5.62. The summed E-state index contributed by atoms with van der Waals surface area (Å²) >= 11 is 0. The van der Waals surface area contributed by atoms with Gasteiger partial charge < -0.3 is 9.47 Å². The number of ether oxygens (including phenoxy) is 2. The summed E-state index contributed by atoms with van der Waals surface area (Å²) in [5.41, 5.74) is -0.0159. The molecule has 0 N–H and O–H groups in total. The van der Waals surface area contributed by atoms with Gasteiger partial charge in [0.2, 0.25) is 5.78 Å². The van der Waals surface area contributed by atoms with Crippen molar-refractivity contribution in [1.82, 2.24) is 0 Å². The van der Waals surface area contributed by atoms with Crippen LogP contribution in [0.5, 0.6) is 5.75 Å². The van der Waals surface area contributed by atoms with E-state index < -0.39 is 23.8 Å². The van der Waals surface area contributed by atoms with Gasteiger partial charge in [0.15, 0.2) is 6.10 Å². The van der Waals surface area contributed by atoms with Crippen molar-refractivity contribution in [3.05, 3.63) is 71.3 Å². The van der Waals surface area contributed by atoms with Crippen LogP contribution in [0.15, 0.2) is 54.6 Å². The molecular formula is C20H17F3O4. The van der Waals surface area contributed by atoms with E-state index in [1.807, 2.05) is 0 Å². The number of alkyl halides is 3. The fourth-order valence-electron chi connectivity index (χ4n) is 2.20. The molecule has 0 amide bonds. The summed E-state index contributed by atoms with van der Waals surface area (Å²) in [7, 11) is 1.50. The van der Waals surface area contributed by atoms with Crippen LogP contribution in [0.2, 0.25) is 0 Å². The first-order chi connectivity index (χ1) is 12.7. The van der Waals surface area contributed by atoms with Crippen LogP contribution in [0.25, 0.3) is 6.08 Å². The van der Waals surface area contributed by atoms with Crippen molar-refractivity contribution in [1.29, 1.82) is 0 Å². The zero-order valence-electron chi connectivity index (χ0n) is 14.6. The lowest BCUT2D eigenvalue weighted by Gasteiger charge is -2.11. The second kappa shape index (κ2) is 8.53. The molecule has 142 valence electrons. The number of Topliss-reactive ketones (excluding diaryl/α,β-unsaturated/α-hetero) is 1. The van der Waals surface area contributed by atoms with Crippen molar-refractivity contribution < 1.29 is 32.2 Å². The van der Waals surface area contributed by atoms with Gasteiger partial charge in [-0.15, -0.1) is 0 Å². The second-order valence-corrected chi connectivity index (χ2v) is 5.62. The Labute approximate surface area is 154 Å². The Balaban J connectivity index is 1.95. The summed E-state index contributed by atoms with van der Waals surface area (Å²) in [5, 5.41) is 0. The van der Waals surface area contributed by atoms with Crippen LogP contribution in [-0.4, -0.2) is 25.0 Å². The third-order valence-electron chi connectivity index (χ3n) is 3.69. The van der Waals surface area contributed by atoms with Crippen molar-refractivity contribution in [2.75, 3.05) is 7.11 Å². The number of carbonyl (C=O) groups excluding carboxylic acids is 2. The molecule has 4 nitrogen and oxygen atoms in total. The quantitative estimate of drug-likeness (QED) is 0.421. The van der Waals surface area contributed by atoms with Crippen LogP contribution >= 0.6 is 0 Å². The fraction of sp³-hybridized carbons (Fsp3) is 0.200. The predicted octanol–water partition coefficient (Wildman–Crippen LogP) is 4.54. The molecule has 0 bridgehead atoms. The molecule has 2 aromatic carbocycles. The number of halogens is 3. The summed E-state index contributed by atoms with van der Waals surface area (Å²) in [6.07, 6.45) is -3.06. The van der Waals surface area contributed by atoms with E-state index in [1.165, 1.54) is 32.2 Å². The number of ketones is 1. The van der Waals surface area contributed by atoms with Crippen molar-refractivity contribution in [3.63, 3.8) is 0 Å². The standard InChI is InChI=1S/C20H17F3O4/c1-13(19(25)15-6-10-17(26-2)11-7-15)27-18(24)12-5-14-3-8-16(9-4-14)20(21,22)23/h3-13H,1-2H3/b12-5+/t13-/m1/s1. The molecule has 27 heavy (non-hydrogen) atoms. The maximum Gasteiger partial charge on any atom is 0.416 e. The SMILES string of the molecule is COc1ccc(C(=O)[C@@H](C)OC(=O)/C=C/c2ccc(C(F)(F)F)cc2)cc1. The maximum atomic E-state index is 12.5. The highest BCUT2D eigenvalue weighted by Crippen LogP contribution is 2.29. The van der Waals surface area contributed by atoms with Crippen LogP contribution in [0, 0.1) is 0 Å². The first kappa shape index (κ1) is 20.2. The molecule has 0 saturated heterocycles. The highest BCUT2D eigenvalue weighted by atomic mass is 19.4. The molecule has 0 spiro atoms. The first-order valence-electron chi connectivity index (χ1n) is 7.95. The van der Waals surface area contributed by atoms with Gasteiger partial charge >= 0.3 is 12.1 Å². The maximum absolute atomic E-state index is 12.5. The van der Waals surface area contributed by atoms with Gasteiger partial charge in [-0.3, -0.25) is 4.79 Å². The Morgan fingerprint density at radius 3 is 2.11 bits per heavy atom. The lowest BCUT2D eigenvalue weighted by molar-refractivity contribution is -0.140. The van der Waals surface area contributed by atoms with Gasteiger partial charge in [-0.2, -0.15) is 13.2 Å². The van der Waals surface area contributed by atoms with Crippen LogP contribution in [0.1, 0.15) is 28.4 Å². The lowest BCUT2D eigenvalue weighted by atomic mass is 10.1. The van der Waals surface area contributed by atoms with E-state index in [0.717, 1.165) is 18.2 Å². The largest absolute Gasteiger partial charge is 0.497 e. The molecule has 2 rings (SSSR count). The van der Waals surface area contributed by atoms with E-state index in [0.29, 0.717) is 16.9 Å². The number of hydrogen-bond donors (Lipinski definition) is 0. The zero-order valence-corrected chi connectivity index (χ0v) is 14.6. The van der Waals surface area contributed by atoms with Crippen LogP contribution < -0.4 is 4.74 Å². The van der Waals surface area contributed by atoms with Crippen molar-refractivity contribution >= 4 is 17.8 Å². The average molecular weight is 378 g/mol. The molecule has 0 aliphatic carbocycles. The number of hydrogen-bond acceptors (Lipinski definition) is 4. The van der Waals surface area contributed by atoms with Crippen molar-refractivity contribution in [3.8, 4) is 5.75 Å². The van der Waals surface area contributed by atoms with Crippen molar-refractivity contribution in [2.45, 2.75) is 19.2 Å². The van der Waals surface area contributed by atoms with Gasteiger partial charge in [0.05, 0.1) is 12.7 Å². The summed E-state index contributed by atoms with van der Waals surface area (Å²) in [6, 6.07) is 10.7. The first-order valence-corrected chi connectivity index (χ1v) is 7.95. The van der Waals surface area contributed by atoms with Gasteiger partial charge in [0.25, 0.3) is 0 Å². The number of methoxy groups -OCH3 is 1. The molecule has 0 saturated carbocycles. The van der Waals surface area contributed by atoms with Gasteiger partial charge in [-0.25, -0.2) is 4.79 Å². The zero-order chi connectivity index (χ0) is 20.0. The Hall–Kier alpha value is -3.09. The Morgan fingerprint density at radius 1 is 1.00 bits per heavy atom. The van der Waals surface area contributed by atoms with E-state index >= 15 is 0 Å². The van der Waals surface area contributed by atoms with Crippen LogP contribution in [-0.2, 0) is 15.7 Å². The molecule has 0 radical (unpaired) electrons. The highest BCUT2D eigenvalue weighted by Gasteiger charge is 2.29. The van der Waals surface area contributed by atoms with Gasteiger partial charge in [-0.1, -0.05) is 12.1 Å². The number of esters is 1. The molecule has 0 heterocycles. The molecule has 0 unspecified atom stereocenters.